The third-order valence-electron chi connectivity index (χ3n) is 3.97. The van der Waals surface area contributed by atoms with Crippen molar-refractivity contribution in [1.82, 2.24) is 0 Å². The Labute approximate surface area is 113 Å². The summed E-state index contributed by atoms with van der Waals surface area (Å²) in [6.07, 6.45) is 4.51. The van der Waals surface area contributed by atoms with Gasteiger partial charge in [0, 0.05) is 17.0 Å². The van der Waals surface area contributed by atoms with Gasteiger partial charge in [0.2, 0.25) is 0 Å². The van der Waals surface area contributed by atoms with E-state index in [4.69, 9.17) is 0 Å². The van der Waals surface area contributed by atoms with Crippen LogP contribution in [-0.4, -0.2) is 5.78 Å². The summed E-state index contributed by atoms with van der Waals surface area (Å²) in [5.74, 6) is -1.04. The van der Waals surface area contributed by atoms with Gasteiger partial charge in [-0.25, -0.2) is 8.78 Å². The van der Waals surface area contributed by atoms with Crippen molar-refractivity contribution in [2.24, 2.45) is 11.3 Å². The fourth-order valence-electron chi connectivity index (χ4n) is 3.35. The van der Waals surface area contributed by atoms with Crippen LogP contribution in [0.1, 0.15) is 56.3 Å². The minimum absolute atomic E-state index is 0.0860. The summed E-state index contributed by atoms with van der Waals surface area (Å²) in [5.41, 5.74) is -0.228. The lowest BCUT2D eigenvalue weighted by atomic mass is 9.73. The molecule has 0 saturated heterocycles. The van der Waals surface area contributed by atoms with Crippen molar-refractivity contribution in [3.05, 3.63) is 35.4 Å². The summed E-state index contributed by atoms with van der Waals surface area (Å²) in [5, 5.41) is 0. The Hall–Kier alpha value is -1.25. The second kappa shape index (κ2) is 5.40. The van der Waals surface area contributed by atoms with Crippen LogP contribution >= 0.6 is 0 Å². The zero-order chi connectivity index (χ0) is 14.0. The van der Waals surface area contributed by atoms with Crippen LogP contribution in [-0.2, 0) is 0 Å². The van der Waals surface area contributed by atoms with Gasteiger partial charge in [0.1, 0.15) is 11.6 Å². The minimum atomic E-state index is -0.680. The Bertz CT molecular complexity index is 453. The summed E-state index contributed by atoms with van der Waals surface area (Å²) < 4.78 is 26.5. The quantitative estimate of drug-likeness (QED) is 0.718. The van der Waals surface area contributed by atoms with E-state index in [-0.39, 0.29) is 11.3 Å². The Kier molecular flexibility index (Phi) is 4.02. The van der Waals surface area contributed by atoms with E-state index in [9.17, 15) is 13.6 Å². The lowest BCUT2D eigenvalue weighted by Gasteiger charge is -2.29. The number of benzene rings is 1. The Morgan fingerprint density at radius 2 is 1.68 bits per heavy atom. The van der Waals surface area contributed by atoms with Crippen LogP contribution in [0.25, 0.3) is 0 Å². The van der Waals surface area contributed by atoms with Gasteiger partial charge in [0.05, 0.1) is 0 Å². The molecule has 0 radical (unpaired) electrons. The summed E-state index contributed by atoms with van der Waals surface area (Å²) >= 11 is 0. The molecule has 1 nitrogen and oxygen atoms in total. The number of halogens is 2. The number of carbonyl (C=O) groups is 1. The average Bonchev–Trinajstić information content (AvgIpc) is 2.75. The van der Waals surface area contributed by atoms with Gasteiger partial charge in [-0.2, -0.15) is 0 Å². The molecule has 0 bridgehead atoms. The summed E-state index contributed by atoms with van der Waals surface area (Å²) in [6, 6.07) is 3.12. The van der Waals surface area contributed by atoms with Gasteiger partial charge in [-0.05, 0) is 37.3 Å². The highest BCUT2D eigenvalue weighted by Gasteiger charge is 2.41. The van der Waals surface area contributed by atoms with E-state index in [0.717, 1.165) is 50.3 Å². The average molecular weight is 266 g/mol. The zero-order valence-electron chi connectivity index (χ0n) is 11.5. The van der Waals surface area contributed by atoms with E-state index in [2.05, 4.69) is 13.8 Å². The van der Waals surface area contributed by atoms with Crippen LogP contribution in [0, 0.1) is 23.0 Å². The fraction of sp³-hybridized carbons (Fsp3) is 0.562. The summed E-state index contributed by atoms with van der Waals surface area (Å²) in [6.45, 7) is 4.17. The lowest BCUT2D eigenvalue weighted by molar-refractivity contribution is 0.0759. The molecule has 0 atom stereocenters. The van der Waals surface area contributed by atoms with Crippen molar-refractivity contribution in [3.63, 3.8) is 0 Å². The van der Waals surface area contributed by atoms with Crippen LogP contribution in [0.5, 0.6) is 0 Å². The Morgan fingerprint density at radius 3 is 2.16 bits per heavy atom. The molecular weight excluding hydrogens is 246 g/mol. The first-order valence-electron chi connectivity index (χ1n) is 6.94. The van der Waals surface area contributed by atoms with E-state index in [0.29, 0.717) is 5.92 Å². The largest absolute Gasteiger partial charge is 0.294 e. The molecule has 1 aromatic rings. The molecule has 2 rings (SSSR count). The van der Waals surface area contributed by atoms with E-state index in [1.165, 1.54) is 0 Å². The molecule has 1 aromatic carbocycles. The van der Waals surface area contributed by atoms with Crippen LogP contribution in [0.3, 0.4) is 0 Å². The van der Waals surface area contributed by atoms with Gasteiger partial charge < -0.3 is 0 Å². The normalized spacial score (nSPS) is 17.9. The van der Waals surface area contributed by atoms with Gasteiger partial charge in [0.25, 0.3) is 0 Å². The summed E-state index contributed by atoms with van der Waals surface area (Å²) in [4.78, 5) is 12.7. The first-order chi connectivity index (χ1) is 8.93. The smallest absolute Gasteiger partial charge is 0.169 e. The first kappa shape index (κ1) is 14.2. The van der Waals surface area contributed by atoms with Crippen LogP contribution in [0.15, 0.2) is 18.2 Å². The molecule has 0 aliphatic heterocycles. The van der Waals surface area contributed by atoms with Crippen molar-refractivity contribution >= 4 is 5.78 Å². The molecule has 0 unspecified atom stereocenters. The lowest BCUT2D eigenvalue weighted by Crippen LogP contribution is -2.30. The highest BCUT2D eigenvalue weighted by Crippen LogP contribution is 2.45. The summed E-state index contributed by atoms with van der Waals surface area (Å²) in [7, 11) is 0. The Balaban J connectivity index is 2.34. The van der Waals surface area contributed by atoms with E-state index in [1.807, 2.05) is 0 Å². The molecule has 0 heterocycles. The standard InChI is InChI=1S/C16H20F2O/c1-11(2)10-16(5-3-4-6-16)15(19)12-7-13(17)9-14(18)8-12/h7-9,11H,3-6,10H2,1-2H3. The molecule has 0 amide bonds. The topological polar surface area (TPSA) is 17.1 Å². The van der Waals surface area contributed by atoms with E-state index in [1.54, 1.807) is 0 Å². The highest BCUT2D eigenvalue weighted by atomic mass is 19.1. The zero-order valence-corrected chi connectivity index (χ0v) is 11.5. The maximum atomic E-state index is 13.3. The Morgan fingerprint density at radius 1 is 1.16 bits per heavy atom. The molecule has 1 aliphatic rings. The monoisotopic (exact) mass is 266 g/mol. The number of carbonyl (C=O) groups excluding carboxylic acids is 1. The van der Waals surface area contributed by atoms with Crippen molar-refractivity contribution in [1.29, 1.82) is 0 Å². The highest BCUT2D eigenvalue weighted by molar-refractivity contribution is 6.00. The number of ketones is 1. The van der Waals surface area contributed by atoms with Gasteiger partial charge in [0.15, 0.2) is 5.78 Å². The molecule has 0 N–H and O–H groups in total. The minimum Gasteiger partial charge on any atom is -0.294 e. The number of Topliss-reactive ketones (excluding diaryl/α,β-unsaturated/α-hetero) is 1. The predicted molar refractivity (Wildman–Crippen MR) is 71.0 cm³/mol. The molecule has 0 spiro atoms. The third kappa shape index (κ3) is 3.02. The molecule has 104 valence electrons. The molecule has 0 aromatic heterocycles. The number of hydrogen-bond donors (Lipinski definition) is 0. The van der Waals surface area contributed by atoms with E-state index < -0.39 is 17.0 Å². The van der Waals surface area contributed by atoms with Crippen molar-refractivity contribution in [2.45, 2.75) is 46.0 Å². The van der Waals surface area contributed by atoms with Gasteiger partial charge >= 0.3 is 0 Å². The second-order valence-corrected chi connectivity index (χ2v) is 6.07. The molecule has 3 heteroatoms. The van der Waals surface area contributed by atoms with Crippen molar-refractivity contribution < 1.29 is 13.6 Å². The number of hydrogen-bond acceptors (Lipinski definition) is 1. The SMILES string of the molecule is CC(C)CC1(C(=O)c2cc(F)cc(F)c2)CCCC1. The number of rotatable bonds is 4. The molecule has 1 saturated carbocycles. The van der Waals surface area contributed by atoms with Crippen LogP contribution < -0.4 is 0 Å². The molecular formula is C16H20F2O. The maximum absolute atomic E-state index is 13.3. The second-order valence-electron chi connectivity index (χ2n) is 6.07. The van der Waals surface area contributed by atoms with Crippen molar-refractivity contribution in [2.75, 3.05) is 0 Å². The maximum Gasteiger partial charge on any atom is 0.169 e. The predicted octanol–water partition coefficient (Wildman–Crippen LogP) is 4.75. The first-order valence-corrected chi connectivity index (χ1v) is 6.94. The van der Waals surface area contributed by atoms with Crippen LogP contribution in [0.2, 0.25) is 0 Å². The molecule has 1 aliphatic carbocycles. The van der Waals surface area contributed by atoms with E-state index >= 15 is 0 Å². The van der Waals surface area contributed by atoms with Crippen LogP contribution in [0.4, 0.5) is 8.78 Å². The molecule has 19 heavy (non-hydrogen) atoms. The van der Waals surface area contributed by atoms with Gasteiger partial charge in [-0.1, -0.05) is 26.7 Å². The van der Waals surface area contributed by atoms with Gasteiger partial charge in [-0.3, -0.25) is 4.79 Å². The fourth-order valence-corrected chi connectivity index (χ4v) is 3.35. The van der Waals surface area contributed by atoms with Gasteiger partial charge in [-0.15, -0.1) is 0 Å². The van der Waals surface area contributed by atoms with Crippen molar-refractivity contribution in [3.8, 4) is 0 Å². The molecule has 1 fully saturated rings. The third-order valence-corrected chi connectivity index (χ3v) is 3.97.